The lowest BCUT2D eigenvalue weighted by atomic mass is 9.94. The highest BCUT2D eigenvalue weighted by molar-refractivity contribution is 5.30. The van der Waals surface area contributed by atoms with Gasteiger partial charge in [0.15, 0.2) is 0 Å². The number of piperidine rings is 1. The molecule has 0 aromatic carbocycles. The first-order valence-corrected chi connectivity index (χ1v) is 10.8. The number of aromatic nitrogens is 4. The molecule has 1 aliphatic rings. The van der Waals surface area contributed by atoms with E-state index in [0.29, 0.717) is 36.5 Å². The molecule has 0 aliphatic carbocycles. The lowest BCUT2D eigenvalue weighted by Crippen LogP contribution is -2.35. The summed E-state index contributed by atoms with van der Waals surface area (Å²) in [5, 5.41) is 0. The Labute approximate surface area is 179 Å². The van der Waals surface area contributed by atoms with E-state index < -0.39 is 12.6 Å². The second-order valence-electron chi connectivity index (χ2n) is 8.37. The van der Waals surface area contributed by atoms with Crippen molar-refractivity contribution in [1.29, 1.82) is 0 Å². The molecule has 1 N–H and O–H groups in total. The highest BCUT2D eigenvalue weighted by Gasteiger charge is 2.27. The Hall–Kier alpha value is -2.36. The number of hydrogen-bond donors (Lipinski definition) is 1. The van der Waals surface area contributed by atoms with E-state index in [9.17, 15) is 18.0 Å². The molecule has 3 rings (SSSR count). The van der Waals surface area contributed by atoms with Crippen LogP contribution in [0, 0.1) is 5.92 Å². The second kappa shape index (κ2) is 10.3. The molecule has 7 nitrogen and oxygen atoms in total. The van der Waals surface area contributed by atoms with Crippen LogP contribution in [0.15, 0.2) is 23.5 Å². The smallest absolute Gasteiger partial charge is 0.389 e. The van der Waals surface area contributed by atoms with Gasteiger partial charge in [0.2, 0.25) is 11.8 Å². The Morgan fingerprint density at radius 2 is 2.03 bits per heavy atom. The molecule has 0 unspecified atom stereocenters. The second-order valence-corrected chi connectivity index (χ2v) is 8.37. The zero-order chi connectivity index (χ0) is 22.4. The maximum absolute atomic E-state index is 12.6. The lowest BCUT2D eigenvalue weighted by molar-refractivity contribution is -0.136. The summed E-state index contributed by atoms with van der Waals surface area (Å²) < 4.78 is 44.5. The molecule has 172 valence electrons. The molecular formula is C21H30F3N5O2. The van der Waals surface area contributed by atoms with Crippen molar-refractivity contribution < 1.29 is 17.9 Å². The Kier molecular flexibility index (Phi) is 7.74. The monoisotopic (exact) mass is 441 g/mol. The number of alkyl halides is 3. The largest absolute Gasteiger partial charge is 0.477 e. The highest BCUT2D eigenvalue weighted by Crippen LogP contribution is 2.25. The van der Waals surface area contributed by atoms with E-state index in [2.05, 4.69) is 19.9 Å². The summed E-state index contributed by atoms with van der Waals surface area (Å²) in [6.07, 6.45) is 2.92. The van der Waals surface area contributed by atoms with Crippen molar-refractivity contribution in [2.75, 3.05) is 26.2 Å². The van der Waals surface area contributed by atoms with Crippen LogP contribution in [0.5, 0.6) is 5.88 Å². The number of ether oxygens (including phenoxy) is 1. The van der Waals surface area contributed by atoms with Crippen LogP contribution in [0.4, 0.5) is 13.2 Å². The van der Waals surface area contributed by atoms with Crippen LogP contribution in [0.3, 0.4) is 0 Å². The first-order valence-electron chi connectivity index (χ1n) is 10.8. The average molecular weight is 441 g/mol. The third-order valence-electron chi connectivity index (χ3n) is 5.64. The van der Waals surface area contributed by atoms with E-state index in [1.807, 2.05) is 13.8 Å². The molecule has 2 aromatic rings. The zero-order valence-corrected chi connectivity index (χ0v) is 18.0. The molecule has 31 heavy (non-hydrogen) atoms. The van der Waals surface area contributed by atoms with Crippen molar-refractivity contribution in [1.82, 2.24) is 24.4 Å². The number of likely N-dealkylation sites (tertiary alicyclic amines) is 1. The van der Waals surface area contributed by atoms with Crippen LogP contribution in [-0.4, -0.2) is 56.8 Å². The molecule has 0 amide bonds. The number of H-pyrrole nitrogens is 1. The molecule has 1 aliphatic heterocycles. The van der Waals surface area contributed by atoms with Gasteiger partial charge in [-0.15, -0.1) is 0 Å². The van der Waals surface area contributed by atoms with Gasteiger partial charge in [0.05, 0.1) is 12.2 Å². The predicted molar refractivity (Wildman–Crippen MR) is 111 cm³/mol. The van der Waals surface area contributed by atoms with Crippen LogP contribution in [0.2, 0.25) is 0 Å². The van der Waals surface area contributed by atoms with Gasteiger partial charge >= 0.3 is 6.18 Å². The molecule has 0 bridgehead atoms. The fourth-order valence-corrected chi connectivity index (χ4v) is 3.90. The minimum atomic E-state index is -4.07. The summed E-state index contributed by atoms with van der Waals surface area (Å²) in [5.74, 6) is 1.11. The van der Waals surface area contributed by atoms with Crippen molar-refractivity contribution in [3.05, 3.63) is 34.6 Å². The lowest BCUT2D eigenvalue weighted by Gasteiger charge is -2.32. The quantitative estimate of drug-likeness (QED) is 0.639. The minimum Gasteiger partial charge on any atom is -0.477 e. The Bertz CT molecular complexity index is 872. The number of halogens is 3. The first-order chi connectivity index (χ1) is 14.7. The van der Waals surface area contributed by atoms with E-state index in [-0.39, 0.29) is 17.9 Å². The normalized spacial score (nSPS) is 16.2. The Balaban J connectivity index is 1.51. The molecule has 10 heteroatoms. The molecule has 0 saturated carbocycles. The molecule has 0 radical (unpaired) electrons. The molecule has 3 heterocycles. The topological polar surface area (TPSA) is 76.0 Å². The average Bonchev–Trinajstić information content (AvgIpc) is 3.22. The molecule has 0 atom stereocenters. The van der Waals surface area contributed by atoms with E-state index in [4.69, 9.17) is 4.74 Å². The summed E-state index contributed by atoms with van der Waals surface area (Å²) in [6, 6.07) is 0. The summed E-state index contributed by atoms with van der Waals surface area (Å²) in [7, 11) is 0. The van der Waals surface area contributed by atoms with E-state index >= 15 is 0 Å². The number of aromatic amines is 1. The summed E-state index contributed by atoms with van der Waals surface area (Å²) >= 11 is 0. The van der Waals surface area contributed by atoms with Gasteiger partial charge in [0.1, 0.15) is 6.33 Å². The van der Waals surface area contributed by atoms with Gasteiger partial charge < -0.3 is 9.64 Å². The maximum atomic E-state index is 12.6. The van der Waals surface area contributed by atoms with E-state index in [1.54, 1.807) is 23.3 Å². The van der Waals surface area contributed by atoms with Gasteiger partial charge in [0.25, 0.3) is 5.56 Å². The first kappa shape index (κ1) is 23.3. The standard InChI is InChI=1S/C21H30F3N5O2/c1-15(2)17-18(30)26-20(29-12-8-25-14-29)27-19(17)31-13-6-16-4-10-28(11-5-16)9-3-7-21(22,23)24/h8,12,14-16H,3-7,9-11,13H2,1-2H3,(H,26,27,30). The van der Waals surface area contributed by atoms with Crippen LogP contribution in [-0.2, 0) is 0 Å². The Morgan fingerprint density at radius 1 is 1.29 bits per heavy atom. The zero-order valence-electron chi connectivity index (χ0n) is 18.0. The number of rotatable bonds is 9. The summed E-state index contributed by atoms with van der Waals surface area (Å²) in [6.45, 7) is 6.41. The SMILES string of the molecule is CC(C)c1c(OCCC2CCN(CCCC(F)(F)F)CC2)nc(-n2ccnc2)[nH]c1=O. The maximum Gasteiger partial charge on any atom is 0.389 e. The van der Waals surface area contributed by atoms with Crippen LogP contribution in [0.1, 0.15) is 57.4 Å². The fraction of sp³-hybridized carbons (Fsp3) is 0.667. The number of nitrogens with one attached hydrogen (secondary N) is 1. The van der Waals surface area contributed by atoms with Crippen LogP contribution < -0.4 is 10.3 Å². The molecule has 1 saturated heterocycles. The van der Waals surface area contributed by atoms with E-state index in [1.165, 1.54) is 0 Å². The molecular weight excluding hydrogens is 411 g/mol. The van der Waals surface area contributed by atoms with Crippen molar-refractivity contribution in [2.24, 2.45) is 5.92 Å². The summed E-state index contributed by atoms with van der Waals surface area (Å²) in [5.41, 5.74) is 0.291. The van der Waals surface area contributed by atoms with Gasteiger partial charge in [0, 0.05) is 18.8 Å². The fourth-order valence-electron chi connectivity index (χ4n) is 3.90. The van der Waals surface area contributed by atoms with E-state index in [0.717, 1.165) is 32.4 Å². The Morgan fingerprint density at radius 3 is 2.65 bits per heavy atom. The molecule has 2 aromatic heterocycles. The molecule has 1 fully saturated rings. The van der Waals surface area contributed by atoms with Gasteiger partial charge in [-0.3, -0.25) is 14.3 Å². The third-order valence-corrected chi connectivity index (χ3v) is 5.64. The minimum absolute atomic E-state index is 0.0389. The van der Waals surface area contributed by atoms with Gasteiger partial charge in [-0.1, -0.05) is 13.8 Å². The van der Waals surface area contributed by atoms with Crippen molar-refractivity contribution >= 4 is 0 Å². The molecule has 0 spiro atoms. The van der Waals surface area contributed by atoms with Gasteiger partial charge in [-0.05, 0) is 57.2 Å². The predicted octanol–water partition coefficient (Wildman–Crippen LogP) is 3.90. The van der Waals surface area contributed by atoms with Crippen molar-refractivity contribution in [3.8, 4) is 11.8 Å². The van der Waals surface area contributed by atoms with Gasteiger partial charge in [-0.2, -0.15) is 18.2 Å². The number of hydrogen-bond acceptors (Lipinski definition) is 5. The van der Waals surface area contributed by atoms with Crippen molar-refractivity contribution in [3.63, 3.8) is 0 Å². The van der Waals surface area contributed by atoms with Gasteiger partial charge in [-0.25, -0.2) is 4.98 Å². The third kappa shape index (κ3) is 6.81. The highest BCUT2D eigenvalue weighted by atomic mass is 19.4. The van der Waals surface area contributed by atoms with Crippen LogP contribution in [0.25, 0.3) is 5.95 Å². The van der Waals surface area contributed by atoms with Crippen molar-refractivity contribution in [2.45, 2.75) is 58.0 Å². The number of imidazole rings is 1. The summed E-state index contributed by atoms with van der Waals surface area (Å²) in [4.78, 5) is 25.9. The van der Waals surface area contributed by atoms with Crippen LogP contribution >= 0.6 is 0 Å². The number of nitrogens with zero attached hydrogens (tertiary/aromatic N) is 4.